The summed E-state index contributed by atoms with van der Waals surface area (Å²) < 4.78 is 21.2. The van der Waals surface area contributed by atoms with Crippen molar-refractivity contribution in [1.29, 1.82) is 0 Å². The van der Waals surface area contributed by atoms with Crippen LogP contribution in [-0.2, 0) is 17.9 Å². The van der Waals surface area contributed by atoms with Crippen LogP contribution < -0.4 is 20.5 Å². The van der Waals surface area contributed by atoms with Gasteiger partial charge in [0.15, 0.2) is 17.5 Å². The van der Waals surface area contributed by atoms with Crippen LogP contribution in [0.2, 0.25) is 0 Å². The summed E-state index contributed by atoms with van der Waals surface area (Å²) in [6.45, 7) is 2.26. The maximum atomic E-state index is 5.87. The van der Waals surface area contributed by atoms with Crippen LogP contribution in [-0.4, -0.2) is 33.3 Å². The molecule has 0 saturated carbocycles. The molecule has 8 heteroatoms. The van der Waals surface area contributed by atoms with Gasteiger partial charge in [-0.25, -0.2) is 4.99 Å². The Morgan fingerprint density at radius 1 is 1.19 bits per heavy atom. The first kappa shape index (κ1) is 22.1. The molecule has 144 valence electrons. The highest BCUT2D eigenvalue weighted by Crippen LogP contribution is 2.27. The van der Waals surface area contributed by atoms with Gasteiger partial charge in [-0.1, -0.05) is 6.07 Å². The van der Waals surface area contributed by atoms with Gasteiger partial charge in [-0.05, 0) is 36.2 Å². The lowest BCUT2D eigenvalue weighted by atomic mass is 10.2. The summed E-state index contributed by atoms with van der Waals surface area (Å²) in [6, 6.07) is 9.40. The molecule has 1 aromatic carbocycles. The van der Waals surface area contributed by atoms with E-state index in [1.807, 2.05) is 30.3 Å². The average Bonchev–Trinajstić information content (AvgIpc) is 3.16. The predicted molar refractivity (Wildman–Crippen MR) is 111 cm³/mol. The maximum absolute atomic E-state index is 5.87. The van der Waals surface area contributed by atoms with Gasteiger partial charge in [0, 0.05) is 13.2 Å². The lowest BCUT2D eigenvalue weighted by molar-refractivity contribution is 0.105. The number of ether oxygens (including phenoxy) is 3. The summed E-state index contributed by atoms with van der Waals surface area (Å²) in [4.78, 5) is 4.31. The van der Waals surface area contributed by atoms with E-state index in [1.54, 1.807) is 20.5 Å². The fraction of sp³-hybridized carbons (Fsp3) is 0.389. The Morgan fingerprint density at radius 3 is 2.69 bits per heavy atom. The molecule has 0 radical (unpaired) electrons. The Morgan fingerprint density at radius 2 is 2.00 bits per heavy atom. The van der Waals surface area contributed by atoms with Gasteiger partial charge in [0.05, 0.1) is 27.0 Å². The van der Waals surface area contributed by atoms with E-state index in [0.29, 0.717) is 43.8 Å². The second-order valence-corrected chi connectivity index (χ2v) is 5.30. The van der Waals surface area contributed by atoms with Crippen LogP contribution in [0.4, 0.5) is 0 Å². The number of aliphatic imine (C=N–C) groups is 1. The molecule has 3 N–H and O–H groups in total. The van der Waals surface area contributed by atoms with Crippen LogP contribution in [0.25, 0.3) is 0 Å². The van der Waals surface area contributed by atoms with E-state index in [4.69, 9.17) is 24.4 Å². The fourth-order valence-electron chi connectivity index (χ4n) is 2.17. The number of guanidine groups is 1. The van der Waals surface area contributed by atoms with Crippen LogP contribution in [0.15, 0.2) is 46.0 Å². The van der Waals surface area contributed by atoms with Crippen LogP contribution in [0.5, 0.6) is 11.5 Å². The van der Waals surface area contributed by atoms with Crippen molar-refractivity contribution in [3.63, 3.8) is 0 Å². The Bertz CT molecular complexity index is 662. The summed E-state index contributed by atoms with van der Waals surface area (Å²) in [5, 5.41) is 3.07. The standard InChI is InChI=1S/C18H25N3O4.HI/c1-22-16-7-6-14(11-17(16)23-2)12-21-18(19)20-8-4-9-24-13-15-5-3-10-25-15;/h3,5-7,10-11H,4,8-9,12-13H2,1-2H3,(H3,19,20,21);1H. The third kappa shape index (κ3) is 7.52. The number of rotatable bonds is 10. The highest BCUT2D eigenvalue weighted by Gasteiger charge is 2.04. The van der Waals surface area contributed by atoms with Crippen molar-refractivity contribution in [2.45, 2.75) is 19.6 Å². The minimum absolute atomic E-state index is 0. The number of nitrogens with two attached hydrogens (primary N) is 1. The van der Waals surface area contributed by atoms with E-state index in [-0.39, 0.29) is 24.0 Å². The van der Waals surface area contributed by atoms with E-state index in [9.17, 15) is 0 Å². The maximum Gasteiger partial charge on any atom is 0.188 e. The summed E-state index contributed by atoms with van der Waals surface area (Å²) in [7, 11) is 3.21. The zero-order chi connectivity index (χ0) is 17.9. The molecule has 0 aliphatic carbocycles. The molecule has 0 spiro atoms. The zero-order valence-corrected chi connectivity index (χ0v) is 17.4. The van der Waals surface area contributed by atoms with Gasteiger partial charge >= 0.3 is 0 Å². The number of hydrogen-bond donors (Lipinski definition) is 2. The monoisotopic (exact) mass is 475 g/mol. The molecule has 1 heterocycles. The van der Waals surface area contributed by atoms with Crippen molar-refractivity contribution >= 4 is 29.9 Å². The molecular weight excluding hydrogens is 449 g/mol. The topological polar surface area (TPSA) is 91.2 Å². The van der Waals surface area contributed by atoms with Crippen molar-refractivity contribution in [2.24, 2.45) is 10.7 Å². The van der Waals surface area contributed by atoms with E-state index < -0.39 is 0 Å². The fourth-order valence-corrected chi connectivity index (χ4v) is 2.17. The number of hydrogen-bond acceptors (Lipinski definition) is 5. The summed E-state index contributed by atoms with van der Waals surface area (Å²) in [5.74, 6) is 2.59. The van der Waals surface area contributed by atoms with Crippen molar-refractivity contribution in [3.8, 4) is 11.5 Å². The lowest BCUT2D eigenvalue weighted by Crippen LogP contribution is -2.32. The minimum atomic E-state index is 0. The highest BCUT2D eigenvalue weighted by atomic mass is 127. The smallest absolute Gasteiger partial charge is 0.188 e. The SMILES string of the molecule is COc1ccc(CN=C(N)NCCCOCc2ccco2)cc1OC.I. The third-order valence-corrected chi connectivity index (χ3v) is 3.48. The van der Waals surface area contributed by atoms with Crippen LogP contribution in [0, 0.1) is 0 Å². The lowest BCUT2D eigenvalue weighted by Gasteiger charge is -2.09. The van der Waals surface area contributed by atoms with Crippen LogP contribution >= 0.6 is 24.0 Å². The molecule has 0 saturated heterocycles. The molecule has 2 rings (SSSR count). The van der Waals surface area contributed by atoms with Crippen molar-refractivity contribution in [3.05, 3.63) is 47.9 Å². The molecule has 0 aliphatic rings. The average molecular weight is 475 g/mol. The van der Waals surface area contributed by atoms with Crippen molar-refractivity contribution < 1.29 is 18.6 Å². The Kier molecular flexibility index (Phi) is 10.6. The molecule has 2 aromatic rings. The first-order valence-electron chi connectivity index (χ1n) is 8.07. The first-order chi connectivity index (χ1) is 12.2. The van der Waals surface area contributed by atoms with E-state index >= 15 is 0 Å². The molecule has 0 aliphatic heterocycles. The minimum Gasteiger partial charge on any atom is -0.493 e. The van der Waals surface area contributed by atoms with Gasteiger partial charge in [0.25, 0.3) is 0 Å². The molecule has 26 heavy (non-hydrogen) atoms. The van der Waals surface area contributed by atoms with Gasteiger partial charge in [0.1, 0.15) is 12.4 Å². The largest absolute Gasteiger partial charge is 0.493 e. The Labute approximate surface area is 170 Å². The molecular formula is C18H26IN3O4. The summed E-state index contributed by atoms with van der Waals surface area (Å²) in [6.07, 6.45) is 2.46. The van der Waals surface area contributed by atoms with E-state index in [0.717, 1.165) is 17.7 Å². The number of methoxy groups -OCH3 is 2. The Balaban J connectivity index is 0.00000338. The van der Waals surface area contributed by atoms with Gasteiger partial charge < -0.3 is 29.7 Å². The molecule has 7 nitrogen and oxygen atoms in total. The first-order valence-corrected chi connectivity index (χ1v) is 8.07. The molecule has 0 fully saturated rings. The second kappa shape index (κ2) is 12.4. The number of halogens is 1. The number of benzene rings is 1. The van der Waals surface area contributed by atoms with E-state index in [2.05, 4.69) is 10.3 Å². The molecule has 0 unspecified atom stereocenters. The van der Waals surface area contributed by atoms with Gasteiger partial charge in [0.2, 0.25) is 0 Å². The quantitative estimate of drug-likeness (QED) is 0.238. The van der Waals surface area contributed by atoms with Crippen molar-refractivity contribution in [2.75, 3.05) is 27.4 Å². The number of nitrogens with one attached hydrogen (secondary N) is 1. The normalized spacial score (nSPS) is 10.9. The molecule has 0 bridgehead atoms. The van der Waals surface area contributed by atoms with Gasteiger partial charge in [-0.3, -0.25) is 0 Å². The zero-order valence-electron chi connectivity index (χ0n) is 15.1. The van der Waals surface area contributed by atoms with Crippen molar-refractivity contribution in [1.82, 2.24) is 5.32 Å². The summed E-state index contributed by atoms with van der Waals surface area (Å²) in [5.41, 5.74) is 6.86. The summed E-state index contributed by atoms with van der Waals surface area (Å²) >= 11 is 0. The number of furan rings is 1. The predicted octanol–water partition coefficient (Wildman–Crippen LogP) is 2.93. The highest BCUT2D eigenvalue weighted by molar-refractivity contribution is 14.0. The number of nitrogens with zero attached hydrogens (tertiary/aromatic N) is 1. The van der Waals surface area contributed by atoms with Crippen LogP contribution in [0.3, 0.4) is 0 Å². The van der Waals surface area contributed by atoms with Crippen LogP contribution in [0.1, 0.15) is 17.7 Å². The third-order valence-electron chi connectivity index (χ3n) is 3.48. The molecule has 0 amide bonds. The van der Waals surface area contributed by atoms with Gasteiger partial charge in [-0.15, -0.1) is 24.0 Å². The Hall–Kier alpha value is -1.94. The second-order valence-electron chi connectivity index (χ2n) is 5.30. The molecule has 1 aromatic heterocycles. The van der Waals surface area contributed by atoms with E-state index in [1.165, 1.54) is 0 Å². The van der Waals surface area contributed by atoms with Gasteiger partial charge in [-0.2, -0.15) is 0 Å². The molecule has 0 atom stereocenters.